The van der Waals surface area contributed by atoms with E-state index in [1.807, 2.05) is 74.5 Å². The minimum absolute atomic E-state index is 0.333. The molecule has 3 aromatic carbocycles. The fourth-order valence-corrected chi connectivity index (χ4v) is 2.78. The van der Waals surface area contributed by atoms with Crippen LogP contribution in [0.2, 0.25) is 0 Å². The standard InChI is InChI=1S/C21H20O3/c1-14-10-11-16(12-15(14)2)13-20(21(22)23)24-19-9-5-7-17-6-3-4-8-18(17)19/h3-12,20H,13H2,1-2H3,(H,22,23)/t20-/m0/s1. The van der Waals surface area contributed by atoms with Crippen LogP contribution in [0.4, 0.5) is 0 Å². The molecule has 0 heterocycles. The van der Waals surface area contributed by atoms with Crippen molar-refractivity contribution in [3.63, 3.8) is 0 Å². The molecule has 0 fully saturated rings. The molecule has 3 rings (SSSR count). The fourth-order valence-electron chi connectivity index (χ4n) is 2.78. The third kappa shape index (κ3) is 3.40. The molecule has 0 aliphatic heterocycles. The van der Waals surface area contributed by atoms with Gasteiger partial charge in [0.15, 0.2) is 6.10 Å². The SMILES string of the molecule is Cc1ccc(C[C@H](Oc2cccc3ccccc23)C(=O)O)cc1C. The summed E-state index contributed by atoms with van der Waals surface area (Å²) in [5.74, 6) is -0.356. The molecular weight excluding hydrogens is 300 g/mol. The molecule has 0 aromatic heterocycles. The summed E-state index contributed by atoms with van der Waals surface area (Å²) in [7, 11) is 0. The van der Waals surface area contributed by atoms with Gasteiger partial charge in [-0.25, -0.2) is 4.79 Å². The molecule has 0 amide bonds. The summed E-state index contributed by atoms with van der Waals surface area (Å²) >= 11 is 0. The van der Waals surface area contributed by atoms with Gasteiger partial charge >= 0.3 is 5.97 Å². The molecule has 0 aliphatic rings. The Kier molecular flexibility index (Phi) is 4.52. The van der Waals surface area contributed by atoms with Crippen LogP contribution in [0.1, 0.15) is 16.7 Å². The van der Waals surface area contributed by atoms with Gasteiger partial charge in [0, 0.05) is 11.8 Å². The molecule has 0 saturated heterocycles. The molecule has 0 spiro atoms. The van der Waals surface area contributed by atoms with Crippen LogP contribution in [0, 0.1) is 13.8 Å². The first-order valence-electron chi connectivity index (χ1n) is 7.98. The summed E-state index contributed by atoms with van der Waals surface area (Å²) < 4.78 is 5.86. The van der Waals surface area contributed by atoms with Gasteiger partial charge in [0.25, 0.3) is 0 Å². The van der Waals surface area contributed by atoms with Crippen LogP contribution in [0.3, 0.4) is 0 Å². The van der Waals surface area contributed by atoms with Crippen LogP contribution in [-0.4, -0.2) is 17.2 Å². The highest BCUT2D eigenvalue weighted by molar-refractivity contribution is 5.88. The van der Waals surface area contributed by atoms with E-state index in [9.17, 15) is 9.90 Å². The van der Waals surface area contributed by atoms with E-state index in [-0.39, 0.29) is 0 Å². The van der Waals surface area contributed by atoms with Crippen molar-refractivity contribution in [1.29, 1.82) is 0 Å². The maximum Gasteiger partial charge on any atom is 0.345 e. The number of aryl methyl sites for hydroxylation is 2. The van der Waals surface area contributed by atoms with E-state index in [4.69, 9.17) is 4.74 Å². The Labute approximate surface area is 141 Å². The highest BCUT2D eigenvalue weighted by Gasteiger charge is 2.21. The van der Waals surface area contributed by atoms with Crippen LogP contribution in [0.15, 0.2) is 60.7 Å². The number of carboxylic acid groups (broad SMARTS) is 1. The maximum absolute atomic E-state index is 11.7. The predicted octanol–water partition coefficient (Wildman–Crippen LogP) is 4.53. The van der Waals surface area contributed by atoms with Gasteiger partial charge in [0.1, 0.15) is 5.75 Å². The fraction of sp³-hybridized carbons (Fsp3) is 0.190. The number of hydrogen-bond acceptors (Lipinski definition) is 2. The zero-order valence-electron chi connectivity index (χ0n) is 13.8. The molecule has 1 N–H and O–H groups in total. The summed E-state index contributed by atoms with van der Waals surface area (Å²) in [4.78, 5) is 11.7. The molecule has 0 unspecified atom stereocenters. The maximum atomic E-state index is 11.7. The van der Waals surface area contributed by atoms with E-state index < -0.39 is 12.1 Å². The molecule has 3 heteroatoms. The van der Waals surface area contributed by atoms with E-state index in [0.717, 1.165) is 21.9 Å². The second-order valence-corrected chi connectivity index (χ2v) is 6.04. The Bertz CT molecular complexity index is 878. The molecule has 0 bridgehead atoms. The topological polar surface area (TPSA) is 46.5 Å². The normalized spacial score (nSPS) is 12.1. The molecule has 122 valence electrons. The zero-order chi connectivity index (χ0) is 17.1. The van der Waals surface area contributed by atoms with Crippen LogP contribution in [0.25, 0.3) is 10.8 Å². The zero-order valence-corrected chi connectivity index (χ0v) is 13.8. The lowest BCUT2D eigenvalue weighted by Gasteiger charge is -2.17. The second kappa shape index (κ2) is 6.75. The number of hydrogen-bond donors (Lipinski definition) is 1. The van der Waals surface area contributed by atoms with Crippen molar-refractivity contribution >= 4 is 16.7 Å². The van der Waals surface area contributed by atoms with Gasteiger partial charge in [-0.05, 0) is 42.0 Å². The van der Waals surface area contributed by atoms with Gasteiger partial charge in [-0.15, -0.1) is 0 Å². The molecule has 24 heavy (non-hydrogen) atoms. The van der Waals surface area contributed by atoms with E-state index in [1.54, 1.807) is 0 Å². The summed E-state index contributed by atoms with van der Waals surface area (Å²) in [5.41, 5.74) is 3.31. The Morgan fingerprint density at radius 2 is 1.75 bits per heavy atom. The van der Waals surface area contributed by atoms with Crippen LogP contribution >= 0.6 is 0 Å². The smallest absolute Gasteiger partial charge is 0.345 e. The lowest BCUT2D eigenvalue weighted by Crippen LogP contribution is -2.29. The van der Waals surface area contributed by atoms with Crippen molar-refractivity contribution < 1.29 is 14.6 Å². The molecular formula is C21H20O3. The van der Waals surface area contributed by atoms with Crippen molar-refractivity contribution in [3.05, 3.63) is 77.4 Å². The van der Waals surface area contributed by atoms with Gasteiger partial charge in [-0.1, -0.05) is 54.6 Å². The van der Waals surface area contributed by atoms with E-state index in [1.165, 1.54) is 5.56 Å². The Morgan fingerprint density at radius 3 is 2.50 bits per heavy atom. The van der Waals surface area contributed by atoms with E-state index in [0.29, 0.717) is 12.2 Å². The lowest BCUT2D eigenvalue weighted by molar-refractivity contribution is -0.144. The number of rotatable bonds is 5. The van der Waals surface area contributed by atoms with E-state index in [2.05, 4.69) is 0 Å². The summed E-state index contributed by atoms with van der Waals surface area (Å²) in [5, 5.41) is 11.5. The first-order chi connectivity index (χ1) is 11.5. The van der Waals surface area contributed by atoms with Gasteiger partial charge in [-0.3, -0.25) is 0 Å². The van der Waals surface area contributed by atoms with Crippen LogP contribution in [-0.2, 0) is 11.2 Å². The molecule has 3 nitrogen and oxygen atoms in total. The second-order valence-electron chi connectivity index (χ2n) is 6.04. The Morgan fingerprint density at radius 1 is 1.00 bits per heavy atom. The number of fused-ring (bicyclic) bond motifs is 1. The van der Waals surface area contributed by atoms with Gasteiger partial charge in [-0.2, -0.15) is 0 Å². The molecule has 3 aromatic rings. The summed E-state index contributed by atoms with van der Waals surface area (Å²) in [6.45, 7) is 4.07. The lowest BCUT2D eigenvalue weighted by atomic mass is 10.0. The number of benzene rings is 3. The molecule has 0 radical (unpaired) electrons. The molecule has 1 atom stereocenters. The van der Waals surface area contributed by atoms with E-state index >= 15 is 0 Å². The van der Waals surface area contributed by atoms with Gasteiger partial charge < -0.3 is 9.84 Å². The van der Waals surface area contributed by atoms with Crippen molar-refractivity contribution in [3.8, 4) is 5.75 Å². The number of carbonyl (C=O) groups is 1. The highest BCUT2D eigenvalue weighted by atomic mass is 16.5. The Hall–Kier alpha value is -2.81. The van der Waals surface area contributed by atoms with Crippen molar-refractivity contribution in [2.24, 2.45) is 0 Å². The van der Waals surface area contributed by atoms with Crippen molar-refractivity contribution in [1.82, 2.24) is 0 Å². The van der Waals surface area contributed by atoms with Crippen LogP contribution < -0.4 is 4.74 Å². The van der Waals surface area contributed by atoms with Crippen molar-refractivity contribution in [2.45, 2.75) is 26.4 Å². The van der Waals surface area contributed by atoms with Gasteiger partial charge in [0.05, 0.1) is 0 Å². The third-order valence-electron chi connectivity index (χ3n) is 4.29. The average Bonchev–Trinajstić information content (AvgIpc) is 2.57. The minimum atomic E-state index is -0.957. The molecule has 0 saturated carbocycles. The largest absolute Gasteiger partial charge is 0.478 e. The Balaban J connectivity index is 1.88. The third-order valence-corrected chi connectivity index (χ3v) is 4.29. The first-order valence-corrected chi connectivity index (χ1v) is 7.98. The summed E-state index contributed by atoms with van der Waals surface area (Å²) in [6.07, 6.45) is -0.586. The number of ether oxygens (including phenoxy) is 1. The number of carboxylic acids is 1. The predicted molar refractivity (Wildman–Crippen MR) is 95.6 cm³/mol. The summed E-state index contributed by atoms with van der Waals surface area (Å²) in [6, 6.07) is 19.5. The van der Waals surface area contributed by atoms with Crippen molar-refractivity contribution in [2.75, 3.05) is 0 Å². The average molecular weight is 320 g/mol. The quantitative estimate of drug-likeness (QED) is 0.751. The monoisotopic (exact) mass is 320 g/mol. The highest BCUT2D eigenvalue weighted by Crippen LogP contribution is 2.27. The van der Waals surface area contributed by atoms with Crippen LogP contribution in [0.5, 0.6) is 5.75 Å². The van der Waals surface area contributed by atoms with Gasteiger partial charge in [0.2, 0.25) is 0 Å². The first kappa shape index (κ1) is 16.1. The number of aliphatic carboxylic acids is 1. The minimum Gasteiger partial charge on any atom is -0.478 e. The molecule has 0 aliphatic carbocycles.